The van der Waals surface area contributed by atoms with Crippen LogP contribution in [0, 0.1) is 11.7 Å². The lowest BCUT2D eigenvalue weighted by Gasteiger charge is -2.31. The van der Waals surface area contributed by atoms with Crippen molar-refractivity contribution in [2.24, 2.45) is 5.92 Å². The van der Waals surface area contributed by atoms with Gasteiger partial charge >= 0.3 is 0 Å². The Morgan fingerprint density at radius 1 is 1.20 bits per heavy atom. The van der Waals surface area contributed by atoms with E-state index in [1.165, 1.54) is 26.9 Å². The largest absolute Gasteiger partial charge is 0.355 e. The average Bonchev–Trinajstić information content (AvgIpc) is 3.22. The van der Waals surface area contributed by atoms with Gasteiger partial charge in [-0.25, -0.2) is 12.8 Å². The van der Waals surface area contributed by atoms with Crippen LogP contribution in [0.1, 0.15) is 23.3 Å². The summed E-state index contributed by atoms with van der Waals surface area (Å²) in [6.07, 6.45) is 2.36. The van der Waals surface area contributed by atoms with Crippen LogP contribution in [0.15, 0.2) is 40.6 Å². The fourth-order valence-corrected chi connectivity index (χ4v) is 6.52. The van der Waals surface area contributed by atoms with Crippen LogP contribution in [0.5, 0.6) is 0 Å². The Kier molecular flexibility index (Phi) is 6.52. The molecule has 9 heteroatoms. The summed E-state index contributed by atoms with van der Waals surface area (Å²) in [7, 11) is -3.73. The third kappa shape index (κ3) is 4.74. The summed E-state index contributed by atoms with van der Waals surface area (Å²) >= 11 is 1.81. The first-order valence-corrected chi connectivity index (χ1v) is 12.6. The molecule has 1 atom stereocenters. The van der Waals surface area contributed by atoms with Gasteiger partial charge < -0.3 is 5.32 Å². The first-order chi connectivity index (χ1) is 14.4. The first kappa shape index (κ1) is 21.4. The van der Waals surface area contributed by atoms with Gasteiger partial charge in [0.25, 0.3) is 0 Å². The topological polar surface area (TPSA) is 69.7 Å². The van der Waals surface area contributed by atoms with Crippen LogP contribution in [0.3, 0.4) is 0 Å². The minimum atomic E-state index is -3.73. The molecule has 4 rings (SSSR count). The molecule has 2 aromatic rings. The van der Waals surface area contributed by atoms with Crippen LogP contribution in [0.2, 0.25) is 0 Å². The van der Waals surface area contributed by atoms with Crippen LogP contribution < -0.4 is 5.32 Å². The average molecular weight is 452 g/mol. The molecule has 2 aliphatic rings. The van der Waals surface area contributed by atoms with E-state index >= 15 is 0 Å². The van der Waals surface area contributed by atoms with Crippen molar-refractivity contribution >= 4 is 27.3 Å². The van der Waals surface area contributed by atoms with Crippen LogP contribution >= 0.6 is 11.3 Å². The van der Waals surface area contributed by atoms with Gasteiger partial charge in [0, 0.05) is 44.1 Å². The SMILES string of the molecule is O=C(NCCN1CCc2sccc2C1)C1CCCN(S(=O)(=O)c2ccc(F)cc2)C1. The number of nitrogens with one attached hydrogen (secondary N) is 1. The molecule has 2 aliphatic heterocycles. The Labute approximate surface area is 180 Å². The first-order valence-electron chi connectivity index (χ1n) is 10.2. The molecule has 0 radical (unpaired) electrons. The number of carbonyl (C=O) groups excluding carboxylic acids is 1. The van der Waals surface area contributed by atoms with Crippen molar-refractivity contribution in [2.75, 3.05) is 32.7 Å². The highest BCUT2D eigenvalue weighted by molar-refractivity contribution is 7.89. The van der Waals surface area contributed by atoms with Gasteiger partial charge in [0.2, 0.25) is 15.9 Å². The lowest BCUT2D eigenvalue weighted by atomic mass is 9.99. The fourth-order valence-electron chi connectivity index (χ4n) is 4.11. The molecular weight excluding hydrogens is 425 g/mol. The summed E-state index contributed by atoms with van der Waals surface area (Å²) < 4.78 is 40.1. The Hall–Kier alpha value is -1.81. The number of thiophene rings is 1. The van der Waals surface area contributed by atoms with Gasteiger partial charge in [-0.3, -0.25) is 9.69 Å². The van der Waals surface area contributed by atoms with Gasteiger partial charge in [0.1, 0.15) is 5.82 Å². The fraction of sp³-hybridized carbons (Fsp3) is 0.476. The van der Waals surface area contributed by atoms with E-state index in [2.05, 4.69) is 21.7 Å². The number of carbonyl (C=O) groups is 1. The van der Waals surface area contributed by atoms with Crippen molar-refractivity contribution in [1.82, 2.24) is 14.5 Å². The van der Waals surface area contributed by atoms with E-state index in [1.807, 2.05) is 11.3 Å². The Morgan fingerprint density at radius 2 is 2.00 bits per heavy atom. The molecule has 1 fully saturated rings. The zero-order valence-corrected chi connectivity index (χ0v) is 18.4. The summed E-state index contributed by atoms with van der Waals surface area (Å²) in [5.74, 6) is -0.935. The quantitative estimate of drug-likeness (QED) is 0.733. The Balaban J connectivity index is 1.29. The van der Waals surface area contributed by atoms with E-state index in [0.717, 1.165) is 38.2 Å². The molecule has 1 aromatic carbocycles. The van der Waals surface area contributed by atoms with E-state index in [1.54, 1.807) is 0 Å². The minimum Gasteiger partial charge on any atom is -0.355 e. The van der Waals surface area contributed by atoms with E-state index in [9.17, 15) is 17.6 Å². The zero-order chi connectivity index (χ0) is 21.1. The van der Waals surface area contributed by atoms with Gasteiger partial charge in [-0.1, -0.05) is 0 Å². The highest BCUT2D eigenvalue weighted by Crippen LogP contribution is 2.25. The molecule has 1 aromatic heterocycles. The summed E-state index contributed by atoms with van der Waals surface area (Å²) in [6, 6.07) is 6.99. The number of halogens is 1. The molecule has 0 saturated carbocycles. The summed E-state index contributed by atoms with van der Waals surface area (Å²) in [5.41, 5.74) is 1.38. The van der Waals surface area contributed by atoms with E-state index in [0.29, 0.717) is 25.9 Å². The number of piperidine rings is 1. The predicted octanol–water partition coefficient (Wildman–Crippen LogP) is 2.46. The molecule has 162 valence electrons. The summed E-state index contributed by atoms with van der Waals surface area (Å²) in [5, 5.41) is 5.12. The Morgan fingerprint density at radius 3 is 2.80 bits per heavy atom. The van der Waals surface area contributed by atoms with E-state index in [-0.39, 0.29) is 23.3 Å². The second-order valence-electron chi connectivity index (χ2n) is 7.84. The van der Waals surface area contributed by atoms with Crippen molar-refractivity contribution < 1.29 is 17.6 Å². The zero-order valence-electron chi connectivity index (χ0n) is 16.7. The van der Waals surface area contributed by atoms with Gasteiger partial charge in [-0.05, 0) is 60.5 Å². The number of rotatable bonds is 6. The molecule has 1 amide bonds. The molecule has 1 N–H and O–H groups in total. The maximum Gasteiger partial charge on any atom is 0.243 e. The van der Waals surface area contributed by atoms with Gasteiger partial charge in [0.05, 0.1) is 10.8 Å². The van der Waals surface area contributed by atoms with Crippen LogP contribution in [-0.2, 0) is 27.8 Å². The Bertz CT molecular complexity index is 991. The predicted molar refractivity (Wildman–Crippen MR) is 114 cm³/mol. The molecular formula is C21H26FN3O3S2. The highest BCUT2D eigenvalue weighted by atomic mass is 32.2. The standard InChI is InChI=1S/C21H26FN3O3S2/c22-18-3-5-19(6-4-18)30(27,28)25-10-1-2-17(15-25)21(26)23-9-12-24-11-7-20-16(14-24)8-13-29-20/h3-6,8,13,17H,1-2,7,9-12,14-15H2,(H,23,26). The van der Waals surface area contributed by atoms with E-state index < -0.39 is 15.8 Å². The molecule has 3 heterocycles. The molecule has 1 unspecified atom stereocenters. The van der Waals surface area contributed by atoms with Crippen molar-refractivity contribution in [3.8, 4) is 0 Å². The third-order valence-electron chi connectivity index (χ3n) is 5.82. The monoisotopic (exact) mass is 451 g/mol. The number of hydrogen-bond acceptors (Lipinski definition) is 5. The molecule has 0 aliphatic carbocycles. The normalized spacial score (nSPS) is 20.6. The third-order valence-corrected chi connectivity index (χ3v) is 8.72. The smallest absolute Gasteiger partial charge is 0.243 e. The maximum atomic E-state index is 13.1. The lowest BCUT2D eigenvalue weighted by molar-refractivity contribution is -0.126. The molecule has 6 nitrogen and oxygen atoms in total. The minimum absolute atomic E-state index is 0.0582. The van der Waals surface area contributed by atoms with Crippen LogP contribution in [0.25, 0.3) is 0 Å². The highest BCUT2D eigenvalue weighted by Gasteiger charge is 2.33. The molecule has 30 heavy (non-hydrogen) atoms. The van der Waals surface area contributed by atoms with Gasteiger partial charge in [0.15, 0.2) is 0 Å². The van der Waals surface area contributed by atoms with Gasteiger partial charge in [-0.15, -0.1) is 11.3 Å². The van der Waals surface area contributed by atoms with Gasteiger partial charge in [-0.2, -0.15) is 4.31 Å². The van der Waals surface area contributed by atoms with Crippen molar-refractivity contribution in [3.63, 3.8) is 0 Å². The number of hydrogen-bond donors (Lipinski definition) is 1. The number of sulfonamides is 1. The maximum absolute atomic E-state index is 13.1. The second kappa shape index (κ2) is 9.13. The van der Waals surface area contributed by atoms with Crippen molar-refractivity contribution in [1.29, 1.82) is 0 Å². The molecule has 0 bridgehead atoms. The second-order valence-corrected chi connectivity index (χ2v) is 10.8. The number of nitrogens with zero attached hydrogens (tertiary/aromatic N) is 2. The summed E-state index contributed by atoms with van der Waals surface area (Å²) in [4.78, 5) is 16.5. The summed E-state index contributed by atoms with van der Waals surface area (Å²) in [6.45, 7) is 3.79. The van der Waals surface area contributed by atoms with Crippen LogP contribution in [-0.4, -0.2) is 56.3 Å². The number of amides is 1. The number of fused-ring (bicyclic) bond motifs is 1. The van der Waals surface area contributed by atoms with Crippen LogP contribution in [0.4, 0.5) is 4.39 Å². The molecule has 0 spiro atoms. The van der Waals surface area contributed by atoms with Crippen molar-refractivity contribution in [3.05, 3.63) is 52.0 Å². The number of benzene rings is 1. The van der Waals surface area contributed by atoms with E-state index in [4.69, 9.17) is 0 Å². The lowest BCUT2D eigenvalue weighted by Crippen LogP contribution is -2.46. The van der Waals surface area contributed by atoms with Crippen molar-refractivity contribution in [2.45, 2.75) is 30.7 Å². The molecule has 1 saturated heterocycles.